The molecule has 0 radical (unpaired) electrons. The van der Waals surface area contributed by atoms with E-state index in [0.717, 1.165) is 31.9 Å². The van der Waals surface area contributed by atoms with Gasteiger partial charge in [0.2, 0.25) is 0 Å². The van der Waals surface area contributed by atoms with Gasteiger partial charge in [0.25, 0.3) is 0 Å². The minimum absolute atomic E-state index is 0.124. The highest BCUT2D eigenvalue weighted by atomic mass is 16.3. The lowest BCUT2D eigenvalue weighted by Gasteiger charge is -2.42. The molecule has 1 N–H and O–H groups in total. The Morgan fingerprint density at radius 1 is 1.37 bits per heavy atom. The van der Waals surface area contributed by atoms with Crippen LogP contribution in [0.25, 0.3) is 0 Å². The number of aliphatic hydroxyl groups is 1. The molecule has 1 fully saturated rings. The molecule has 19 heavy (non-hydrogen) atoms. The van der Waals surface area contributed by atoms with Crippen LogP contribution in [0.5, 0.6) is 0 Å². The van der Waals surface area contributed by atoms with Crippen molar-refractivity contribution in [2.45, 2.75) is 64.6 Å². The molecular formula is C15H27N3O. The summed E-state index contributed by atoms with van der Waals surface area (Å²) in [6.45, 7) is 9.62. The minimum atomic E-state index is -0.358. The van der Waals surface area contributed by atoms with Crippen molar-refractivity contribution in [3.63, 3.8) is 0 Å². The van der Waals surface area contributed by atoms with Gasteiger partial charge in [0.15, 0.2) is 0 Å². The Bertz CT molecular complexity index is 398. The molecule has 2 unspecified atom stereocenters. The van der Waals surface area contributed by atoms with Crippen molar-refractivity contribution in [2.75, 3.05) is 13.1 Å². The Morgan fingerprint density at radius 3 is 2.63 bits per heavy atom. The van der Waals surface area contributed by atoms with Gasteiger partial charge in [0.05, 0.1) is 6.10 Å². The van der Waals surface area contributed by atoms with Gasteiger partial charge in [0, 0.05) is 30.9 Å². The van der Waals surface area contributed by atoms with Crippen LogP contribution in [0.1, 0.15) is 45.9 Å². The van der Waals surface area contributed by atoms with E-state index in [4.69, 9.17) is 0 Å². The van der Waals surface area contributed by atoms with E-state index in [9.17, 15) is 5.11 Å². The third kappa shape index (κ3) is 2.84. The summed E-state index contributed by atoms with van der Waals surface area (Å²) >= 11 is 0. The zero-order valence-electron chi connectivity index (χ0n) is 12.5. The molecule has 0 aliphatic carbocycles. The number of hydrogen-bond acceptors (Lipinski definition) is 3. The second kappa shape index (κ2) is 6.06. The number of aromatic nitrogens is 2. The number of likely N-dealkylation sites (tertiary alicyclic amines) is 1. The predicted molar refractivity (Wildman–Crippen MR) is 77.1 cm³/mol. The maximum Gasteiger partial charge on any atom is 0.111 e. The molecule has 1 aromatic rings. The summed E-state index contributed by atoms with van der Waals surface area (Å²) < 4.78 is 2.11. The van der Waals surface area contributed by atoms with Crippen molar-refractivity contribution in [2.24, 2.45) is 0 Å². The van der Waals surface area contributed by atoms with E-state index in [1.807, 2.05) is 12.4 Å². The standard InChI is InChI=1S/C15H27N3O/c1-4-15(3,18-9-6-7-10-18)13(19)12-14-16-8-11-17(14)5-2/h8,11,13,19H,4-7,9-10,12H2,1-3H3. The topological polar surface area (TPSA) is 41.3 Å². The summed E-state index contributed by atoms with van der Waals surface area (Å²) in [6, 6.07) is 0. The van der Waals surface area contributed by atoms with Gasteiger partial charge in [-0.15, -0.1) is 0 Å². The highest BCUT2D eigenvalue weighted by Gasteiger charge is 2.38. The maximum atomic E-state index is 10.7. The monoisotopic (exact) mass is 265 g/mol. The summed E-state index contributed by atoms with van der Waals surface area (Å²) in [7, 11) is 0. The summed E-state index contributed by atoms with van der Waals surface area (Å²) in [5.41, 5.74) is -0.124. The molecule has 0 saturated carbocycles. The molecule has 4 heteroatoms. The fourth-order valence-corrected chi connectivity index (χ4v) is 3.11. The minimum Gasteiger partial charge on any atom is -0.391 e. The first-order valence-electron chi connectivity index (χ1n) is 7.55. The van der Waals surface area contributed by atoms with Crippen molar-refractivity contribution in [3.05, 3.63) is 18.2 Å². The number of aryl methyl sites for hydroxylation is 1. The Hall–Kier alpha value is -0.870. The van der Waals surface area contributed by atoms with Gasteiger partial charge in [0.1, 0.15) is 5.82 Å². The SMILES string of the molecule is CCn1ccnc1CC(O)C(C)(CC)N1CCCC1. The van der Waals surface area contributed by atoms with Crippen LogP contribution in [0.15, 0.2) is 12.4 Å². The Morgan fingerprint density at radius 2 is 2.05 bits per heavy atom. The van der Waals surface area contributed by atoms with Crippen LogP contribution < -0.4 is 0 Å². The molecule has 1 aromatic heterocycles. The third-order valence-corrected chi connectivity index (χ3v) is 4.78. The van der Waals surface area contributed by atoms with E-state index < -0.39 is 0 Å². The van der Waals surface area contributed by atoms with Crippen molar-refractivity contribution in [1.29, 1.82) is 0 Å². The zero-order chi connectivity index (χ0) is 13.9. The van der Waals surface area contributed by atoms with Crippen LogP contribution in [0.3, 0.4) is 0 Å². The second-order valence-electron chi connectivity index (χ2n) is 5.75. The Balaban J connectivity index is 2.10. The third-order valence-electron chi connectivity index (χ3n) is 4.78. The van der Waals surface area contributed by atoms with Crippen molar-refractivity contribution in [3.8, 4) is 0 Å². The van der Waals surface area contributed by atoms with Gasteiger partial charge in [-0.2, -0.15) is 0 Å². The van der Waals surface area contributed by atoms with Crippen LogP contribution in [0.2, 0.25) is 0 Å². The van der Waals surface area contributed by atoms with Gasteiger partial charge in [-0.1, -0.05) is 6.92 Å². The molecule has 2 heterocycles. The lowest BCUT2D eigenvalue weighted by molar-refractivity contribution is -0.0130. The smallest absolute Gasteiger partial charge is 0.111 e. The van der Waals surface area contributed by atoms with E-state index in [1.165, 1.54) is 12.8 Å². The van der Waals surface area contributed by atoms with E-state index in [2.05, 4.69) is 35.2 Å². The fraction of sp³-hybridized carbons (Fsp3) is 0.800. The molecule has 1 aliphatic rings. The van der Waals surface area contributed by atoms with Crippen molar-refractivity contribution in [1.82, 2.24) is 14.5 Å². The predicted octanol–water partition coefficient (Wildman–Crippen LogP) is 2.07. The highest BCUT2D eigenvalue weighted by molar-refractivity contribution is 5.01. The second-order valence-corrected chi connectivity index (χ2v) is 5.75. The van der Waals surface area contributed by atoms with Crippen molar-refractivity contribution < 1.29 is 5.11 Å². The first-order chi connectivity index (χ1) is 9.11. The van der Waals surface area contributed by atoms with Gasteiger partial charge < -0.3 is 9.67 Å². The molecule has 1 saturated heterocycles. The number of nitrogens with zero attached hydrogens (tertiary/aromatic N) is 3. The molecule has 0 aromatic carbocycles. The summed E-state index contributed by atoms with van der Waals surface area (Å²) in [4.78, 5) is 6.84. The van der Waals surface area contributed by atoms with Crippen LogP contribution in [-0.2, 0) is 13.0 Å². The van der Waals surface area contributed by atoms with Gasteiger partial charge in [-0.25, -0.2) is 4.98 Å². The molecule has 4 nitrogen and oxygen atoms in total. The number of rotatable bonds is 6. The normalized spacial score (nSPS) is 21.5. The number of aliphatic hydroxyl groups excluding tert-OH is 1. The molecule has 1 aliphatic heterocycles. The lowest BCUT2D eigenvalue weighted by Crippen LogP contribution is -2.54. The van der Waals surface area contributed by atoms with Gasteiger partial charge in [-0.3, -0.25) is 4.90 Å². The molecular weight excluding hydrogens is 238 g/mol. The molecule has 2 atom stereocenters. The number of hydrogen-bond donors (Lipinski definition) is 1. The first kappa shape index (κ1) is 14.5. The molecule has 0 amide bonds. The van der Waals surface area contributed by atoms with E-state index in [0.29, 0.717) is 6.42 Å². The Kier molecular flexibility index (Phi) is 4.63. The van der Waals surface area contributed by atoms with E-state index in [1.54, 1.807) is 0 Å². The molecule has 0 spiro atoms. The molecule has 2 rings (SSSR count). The number of imidazole rings is 1. The maximum absolute atomic E-state index is 10.7. The van der Waals surface area contributed by atoms with Crippen LogP contribution >= 0.6 is 0 Å². The summed E-state index contributed by atoms with van der Waals surface area (Å²) in [5.74, 6) is 0.994. The Labute approximate surface area is 116 Å². The largest absolute Gasteiger partial charge is 0.391 e. The van der Waals surface area contributed by atoms with Crippen molar-refractivity contribution >= 4 is 0 Å². The zero-order valence-corrected chi connectivity index (χ0v) is 12.5. The highest BCUT2D eigenvalue weighted by Crippen LogP contribution is 2.29. The van der Waals surface area contributed by atoms with Crippen LogP contribution in [0, 0.1) is 0 Å². The van der Waals surface area contributed by atoms with Crippen LogP contribution in [-0.4, -0.2) is 44.3 Å². The average molecular weight is 265 g/mol. The van der Waals surface area contributed by atoms with Gasteiger partial charge >= 0.3 is 0 Å². The lowest BCUT2D eigenvalue weighted by atomic mass is 9.87. The first-order valence-corrected chi connectivity index (χ1v) is 7.55. The summed E-state index contributed by atoms with van der Waals surface area (Å²) in [5, 5.41) is 10.7. The van der Waals surface area contributed by atoms with Gasteiger partial charge in [-0.05, 0) is 46.2 Å². The quantitative estimate of drug-likeness (QED) is 0.856. The summed E-state index contributed by atoms with van der Waals surface area (Å²) in [6.07, 6.45) is 7.58. The van der Waals surface area contributed by atoms with E-state index >= 15 is 0 Å². The van der Waals surface area contributed by atoms with E-state index in [-0.39, 0.29) is 11.6 Å². The van der Waals surface area contributed by atoms with Crippen LogP contribution in [0.4, 0.5) is 0 Å². The molecule has 0 bridgehead atoms. The fourth-order valence-electron chi connectivity index (χ4n) is 3.11. The average Bonchev–Trinajstić information content (AvgIpc) is 3.08. The molecule has 108 valence electrons.